The largest absolute Gasteiger partial charge is 0.480 e. The van der Waals surface area contributed by atoms with Crippen molar-refractivity contribution < 1.29 is 9.90 Å². The highest BCUT2D eigenvalue weighted by Gasteiger charge is 2.15. The molecule has 32 heavy (non-hydrogen) atoms. The van der Waals surface area contributed by atoms with Crippen LogP contribution in [-0.2, 0) is 11.2 Å². The van der Waals surface area contributed by atoms with Crippen LogP contribution in [0.5, 0.6) is 0 Å². The Morgan fingerprint density at radius 3 is 2.41 bits per heavy atom. The third kappa shape index (κ3) is 4.53. The first-order valence-electron chi connectivity index (χ1n) is 10.4. The number of rotatable bonds is 7. The number of fused-ring (bicyclic) bond motifs is 1. The highest BCUT2D eigenvalue weighted by atomic mass is 16.4. The Hall–Kier alpha value is -3.97. The summed E-state index contributed by atoms with van der Waals surface area (Å²) in [5.41, 5.74) is 15.1. The SMILES string of the molecule is CCN(c1ccc2ccccc2c1)c1cc(-c2ccc(C[C@H](N)C(=O)O)cc2)nc(N)n1. The fraction of sp³-hybridized carbons (Fsp3) is 0.160. The monoisotopic (exact) mass is 427 g/mol. The van der Waals surface area contributed by atoms with Crippen molar-refractivity contribution in [2.45, 2.75) is 19.4 Å². The standard InChI is InChI=1S/C25H25N5O2/c1-2-30(20-12-11-17-5-3-4-6-19(17)14-20)23-15-22(28-25(27)29-23)18-9-7-16(8-10-18)13-21(26)24(31)32/h3-12,14-15,21H,2,13,26H2,1H3,(H,31,32)(H2,27,28,29)/t21-/m0/s1. The minimum absolute atomic E-state index is 0.189. The molecule has 5 N–H and O–H groups in total. The van der Waals surface area contributed by atoms with Gasteiger partial charge in [0.05, 0.1) is 5.69 Å². The Kier molecular flexibility index (Phi) is 6.00. The van der Waals surface area contributed by atoms with Crippen molar-refractivity contribution >= 4 is 34.2 Å². The summed E-state index contributed by atoms with van der Waals surface area (Å²) in [6.07, 6.45) is 0.262. The Bertz CT molecular complexity index is 1260. The summed E-state index contributed by atoms with van der Waals surface area (Å²) in [7, 11) is 0. The molecule has 0 aliphatic carbocycles. The van der Waals surface area contributed by atoms with Gasteiger partial charge in [0.2, 0.25) is 5.95 Å². The average Bonchev–Trinajstić information content (AvgIpc) is 2.79. The Morgan fingerprint density at radius 1 is 1.00 bits per heavy atom. The van der Waals surface area contributed by atoms with Gasteiger partial charge in [-0.3, -0.25) is 4.79 Å². The number of carboxylic acid groups (broad SMARTS) is 1. The summed E-state index contributed by atoms with van der Waals surface area (Å²) >= 11 is 0. The van der Waals surface area contributed by atoms with E-state index < -0.39 is 12.0 Å². The summed E-state index contributed by atoms with van der Waals surface area (Å²) in [6.45, 7) is 2.77. The first-order chi connectivity index (χ1) is 15.4. The van der Waals surface area contributed by atoms with Crippen LogP contribution in [0.3, 0.4) is 0 Å². The maximum Gasteiger partial charge on any atom is 0.320 e. The molecule has 7 heteroatoms. The molecule has 1 heterocycles. The average molecular weight is 428 g/mol. The van der Waals surface area contributed by atoms with E-state index in [0.717, 1.165) is 22.2 Å². The maximum absolute atomic E-state index is 11.0. The normalized spacial score (nSPS) is 11.9. The van der Waals surface area contributed by atoms with Crippen molar-refractivity contribution in [2.24, 2.45) is 5.73 Å². The topological polar surface area (TPSA) is 118 Å². The van der Waals surface area contributed by atoms with Gasteiger partial charge in [0, 0.05) is 23.9 Å². The third-order valence-electron chi connectivity index (χ3n) is 5.39. The molecule has 4 rings (SSSR count). The first-order valence-corrected chi connectivity index (χ1v) is 10.4. The van der Waals surface area contributed by atoms with E-state index in [1.54, 1.807) is 0 Å². The molecule has 0 saturated heterocycles. The summed E-state index contributed by atoms with van der Waals surface area (Å²) in [6, 6.07) is 23.0. The molecule has 0 spiro atoms. The van der Waals surface area contributed by atoms with Gasteiger partial charge in [-0.25, -0.2) is 4.98 Å². The van der Waals surface area contributed by atoms with E-state index in [4.69, 9.17) is 16.6 Å². The lowest BCUT2D eigenvalue weighted by molar-refractivity contribution is -0.138. The van der Waals surface area contributed by atoms with Crippen molar-refractivity contribution in [3.8, 4) is 11.3 Å². The lowest BCUT2D eigenvalue weighted by Crippen LogP contribution is -2.32. The second-order valence-electron chi connectivity index (χ2n) is 7.59. The number of carboxylic acids is 1. The molecule has 0 bridgehead atoms. The van der Waals surface area contributed by atoms with Crippen molar-refractivity contribution in [3.05, 3.63) is 78.4 Å². The van der Waals surface area contributed by atoms with E-state index >= 15 is 0 Å². The number of aromatic nitrogens is 2. The number of nitrogen functional groups attached to an aromatic ring is 1. The summed E-state index contributed by atoms with van der Waals surface area (Å²) in [5.74, 6) is -0.119. The Balaban J connectivity index is 1.66. The summed E-state index contributed by atoms with van der Waals surface area (Å²) in [4.78, 5) is 22.0. The Morgan fingerprint density at radius 2 is 1.72 bits per heavy atom. The lowest BCUT2D eigenvalue weighted by atomic mass is 10.0. The number of carbonyl (C=O) groups is 1. The van der Waals surface area contributed by atoms with Gasteiger partial charge in [-0.05, 0) is 41.8 Å². The number of hydrogen-bond donors (Lipinski definition) is 3. The highest BCUT2D eigenvalue weighted by molar-refractivity contribution is 5.87. The molecule has 0 unspecified atom stereocenters. The van der Waals surface area contributed by atoms with Crippen LogP contribution in [0.2, 0.25) is 0 Å². The van der Waals surface area contributed by atoms with Gasteiger partial charge >= 0.3 is 5.97 Å². The van der Waals surface area contributed by atoms with E-state index in [1.807, 2.05) is 42.5 Å². The molecule has 0 fully saturated rings. The zero-order chi connectivity index (χ0) is 22.7. The second kappa shape index (κ2) is 9.03. The van der Waals surface area contributed by atoms with Gasteiger partial charge < -0.3 is 21.5 Å². The molecule has 162 valence electrons. The zero-order valence-electron chi connectivity index (χ0n) is 17.8. The van der Waals surface area contributed by atoms with Crippen LogP contribution < -0.4 is 16.4 Å². The number of aliphatic carboxylic acids is 1. The van der Waals surface area contributed by atoms with Crippen LogP contribution in [0.4, 0.5) is 17.5 Å². The van der Waals surface area contributed by atoms with Crippen molar-refractivity contribution in [1.82, 2.24) is 9.97 Å². The number of benzene rings is 3. The van der Waals surface area contributed by atoms with Gasteiger partial charge in [-0.1, -0.05) is 54.6 Å². The predicted molar refractivity (Wildman–Crippen MR) is 128 cm³/mol. The molecule has 3 aromatic carbocycles. The summed E-state index contributed by atoms with van der Waals surface area (Å²) < 4.78 is 0. The van der Waals surface area contributed by atoms with Crippen molar-refractivity contribution in [2.75, 3.05) is 17.2 Å². The predicted octanol–water partition coefficient (Wildman–Crippen LogP) is 3.99. The molecule has 4 aromatic rings. The van der Waals surface area contributed by atoms with Crippen LogP contribution in [0.1, 0.15) is 12.5 Å². The van der Waals surface area contributed by atoms with Crippen LogP contribution in [0.25, 0.3) is 22.0 Å². The summed E-state index contributed by atoms with van der Waals surface area (Å²) in [5, 5.41) is 11.3. The smallest absolute Gasteiger partial charge is 0.320 e. The van der Waals surface area contributed by atoms with Crippen LogP contribution in [-0.4, -0.2) is 33.6 Å². The fourth-order valence-electron chi connectivity index (χ4n) is 3.71. The van der Waals surface area contributed by atoms with Gasteiger partial charge in [-0.15, -0.1) is 0 Å². The van der Waals surface area contributed by atoms with E-state index in [1.165, 1.54) is 5.39 Å². The molecule has 0 radical (unpaired) electrons. The van der Waals surface area contributed by atoms with Gasteiger partial charge in [0.15, 0.2) is 0 Å². The minimum atomic E-state index is -1.02. The first kappa shape index (κ1) is 21.3. The number of nitrogens with zero attached hydrogens (tertiary/aromatic N) is 3. The van der Waals surface area contributed by atoms with Crippen molar-refractivity contribution in [3.63, 3.8) is 0 Å². The highest BCUT2D eigenvalue weighted by Crippen LogP contribution is 2.30. The van der Waals surface area contributed by atoms with Crippen molar-refractivity contribution in [1.29, 1.82) is 0 Å². The quantitative estimate of drug-likeness (QED) is 0.408. The Labute approximate surface area is 186 Å². The van der Waals surface area contributed by atoms with E-state index in [2.05, 4.69) is 52.1 Å². The molecule has 0 aliphatic rings. The van der Waals surface area contributed by atoms with Crippen LogP contribution in [0, 0.1) is 0 Å². The molecular weight excluding hydrogens is 402 g/mol. The molecule has 0 saturated carbocycles. The van der Waals surface area contributed by atoms with Crippen LogP contribution in [0.15, 0.2) is 72.8 Å². The van der Waals surface area contributed by atoms with E-state index in [0.29, 0.717) is 18.1 Å². The van der Waals surface area contributed by atoms with Crippen LogP contribution >= 0.6 is 0 Å². The van der Waals surface area contributed by atoms with E-state index in [-0.39, 0.29) is 12.4 Å². The number of hydrogen-bond acceptors (Lipinski definition) is 6. The molecule has 1 aromatic heterocycles. The molecular formula is C25H25N5O2. The molecule has 7 nitrogen and oxygen atoms in total. The second-order valence-corrected chi connectivity index (χ2v) is 7.59. The minimum Gasteiger partial charge on any atom is -0.480 e. The van der Waals surface area contributed by atoms with Gasteiger partial charge in [0.1, 0.15) is 11.9 Å². The third-order valence-corrected chi connectivity index (χ3v) is 5.39. The maximum atomic E-state index is 11.0. The molecule has 0 amide bonds. The fourth-order valence-corrected chi connectivity index (χ4v) is 3.71. The van der Waals surface area contributed by atoms with Gasteiger partial charge in [0.25, 0.3) is 0 Å². The zero-order valence-corrected chi connectivity index (χ0v) is 17.8. The number of nitrogens with two attached hydrogens (primary N) is 2. The van der Waals surface area contributed by atoms with E-state index in [9.17, 15) is 4.79 Å². The molecule has 0 aliphatic heterocycles. The number of anilines is 3. The lowest BCUT2D eigenvalue weighted by Gasteiger charge is -2.23. The molecule has 1 atom stereocenters. The van der Waals surface area contributed by atoms with Gasteiger partial charge in [-0.2, -0.15) is 4.98 Å².